The van der Waals surface area contributed by atoms with Gasteiger partial charge in [-0.25, -0.2) is 4.98 Å². The minimum atomic E-state index is 0.548. The molecular weight excluding hydrogens is 340 g/mol. The highest BCUT2D eigenvalue weighted by molar-refractivity contribution is 5.53. The van der Waals surface area contributed by atoms with E-state index >= 15 is 0 Å². The second kappa shape index (κ2) is 7.91. The van der Waals surface area contributed by atoms with Gasteiger partial charge in [0.2, 0.25) is 5.89 Å². The molecule has 4 rings (SSSR count). The van der Waals surface area contributed by atoms with E-state index in [1.165, 1.54) is 5.56 Å². The van der Waals surface area contributed by atoms with E-state index in [4.69, 9.17) is 13.7 Å². The van der Waals surface area contributed by atoms with E-state index in [-0.39, 0.29) is 0 Å². The third-order valence-corrected chi connectivity index (χ3v) is 4.34. The van der Waals surface area contributed by atoms with E-state index in [1.807, 2.05) is 49.4 Å². The van der Waals surface area contributed by atoms with Crippen molar-refractivity contribution in [2.75, 3.05) is 6.61 Å². The fourth-order valence-electron chi connectivity index (χ4n) is 2.88. The first-order valence-corrected chi connectivity index (χ1v) is 8.89. The van der Waals surface area contributed by atoms with Crippen LogP contribution in [0.3, 0.4) is 0 Å². The van der Waals surface area contributed by atoms with Crippen LogP contribution in [0.2, 0.25) is 0 Å². The number of oxazole rings is 1. The SMILES string of the molecule is Cc1oc(-c2ccccc2)nc1CCOc1ccc(Cc2cnoc2)cc1. The van der Waals surface area contributed by atoms with E-state index in [9.17, 15) is 0 Å². The van der Waals surface area contributed by atoms with Crippen molar-refractivity contribution in [3.05, 3.63) is 89.6 Å². The topological polar surface area (TPSA) is 61.3 Å². The van der Waals surface area contributed by atoms with Gasteiger partial charge in [-0.1, -0.05) is 35.5 Å². The molecule has 2 heterocycles. The lowest BCUT2D eigenvalue weighted by atomic mass is 10.1. The minimum Gasteiger partial charge on any atom is -0.493 e. The van der Waals surface area contributed by atoms with E-state index in [0.29, 0.717) is 18.9 Å². The molecule has 0 fully saturated rings. The van der Waals surface area contributed by atoms with Gasteiger partial charge in [-0.05, 0) is 36.8 Å². The summed E-state index contributed by atoms with van der Waals surface area (Å²) < 4.78 is 16.5. The van der Waals surface area contributed by atoms with Crippen molar-refractivity contribution in [2.45, 2.75) is 19.8 Å². The van der Waals surface area contributed by atoms with Gasteiger partial charge in [0.25, 0.3) is 0 Å². The van der Waals surface area contributed by atoms with Crippen LogP contribution >= 0.6 is 0 Å². The Labute approximate surface area is 157 Å². The molecule has 0 spiro atoms. The van der Waals surface area contributed by atoms with Gasteiger partial charge in [-0.3, -0.25) is 0 Å². The summed E-state index contributed by atoms with van der Waals surface area (Å²) in [5.41, 5.74) is 4.15. The van der Waals surface area contributed by atoms with Crippen molar-refractivity contribution < 1.29 is 13.7 Å². The van der Waals surface area contributed by atoms with Gasteiger partial charge in [0, 0.05) is 24.0 Å². The van der Waals surface area contributed by atoms with Crippen molar-refractivity contribution >= 4 is 0 Å². The molecule has 0 amide bonds. The normalized spacial score (nSPS) is 10.9. The van der Waals surface area contributed by atoms with Crippen LogP contribution in [0.4, 0.5) is 0 Å². The van der Waals surface area contributed by atoms with E-state index < -0.39 is 0 Å². The third-order valence-electron chi connectivity index (χ3n) is 4.34. The smallest absolute Gasteiger partial charge is 0.226 e. The fraction of sp³-hybridized carbons (Fsp3) is 0.182. The second-order valence-electron chi connectivity index (χ2n) is 6.34. The van der Waals surface area contributed by atoms with Crippen LogP contribution in [0.25, 0.3) is 11.5 Å². The number of nitrogens with zero attached hydrogens (tertiary/aromatic N) is 2. The van der Waals surface area contributed by atoms with Gasteiger partial charge < -0.3 is 13.7 Å². The zero-order valence-electron chi connectivity index (χ0n) is 15.1. The zero-order chi connectivity index (χ0) is 18.5. The maximum absolute atomic E-state index is 5.86. The van der Waals surface area contributed by atoms with Gasteiger partial charge in [-0.2, -0.15) is 0 Å². The van der Waals surface area contributed by atoms with Crippen LogP contribution in [-0.2, 0) is 12.8 Å². The summed E-state index contributed by atoms with van der Waals surface area (Å²) in [6.45, 7) is 2.49. The monoisotopic (exact) mass is 360 g/mol. The molecule has 0 N–H and O–H groups in total. The predicted molar refractivity (Wildman–Crippen MR) is 102 cm³/mol. The first-order chi connectivity index (χ1) is 13.3. The second-order valence-corrected chi connectivity index (χ2v) is 6.34. The summed E-state index contributed by atoms with van der Waals surface area (Å²) >= 11 is 0. The standard InChI is InChI=1S/C22H20N2O3/c1-16-21(24-22(27-16)19-5-3-2-4-6-19)11-12-25-20-9-7-17(8-10-20)13-18-14-23-26-15-18/h2-10,14-15H,11-13H2,1H3. The molecule has 136 valence electrons. The number of aryl methyl sites for hydroxylation is 1. The van der Waals surface area contributed by atoms with Crippen LogP contribution in [0.1, 0.15) is 22.6 Å². The Morgan fingerprint density at radius 1 is 0.963 bits per heavy atom. The van der Waals surface area contributed by atoms with Crippen LogP contribution in [0, 0.1) is 6.92 Å². The molecule has 0 unspecified atom stereocenters. The van der Waals surface area contributed by atoms with Gasteiger partial charge in [0.05, 0.1) is 18.5 Å². The number of benzene rings is 2. The van der Waals surface area contributed by atoms with Crippen molar-refractivity contribution in [3.8, 4) is 17.2 Å². The lowest BCUT2D eigenvalue weighted by Crippen LogP contribution is -2.02. The number of hydrogen-bond donors (Lipinski definition) is 0. The van der Waals surface area contributed by atoms with Crippen molar-refractivity contribution in [3.63, 3.8) is 0 Å². The summed E-state index contributed by atoms with van der Waals surface area (Å²) in [5.74, 6) is 2.33. The van der Waals surface area contributed by atoms with E-state index in [2.05, 4.69) is 22.3 Å². The maximum Gasteiger partial charge on any atom is 0.226 e. The van der Waals surface area contributed by atoms with Gasteiger partial charge in [0.1, 0.15) is 17.8 Å². The van der Waals surface area contributed by atoms with Crippen LogP contribution in [-0.4, -0.2) is 16.7 Å². The lowest BCUT2D eigenvalue weighted by Gasteiger charge is -2.06. The van der Waals surface area contributed by atoms with Crippen LogP contribution < -0.4 is 4.74 Å². The van der Waals surface area contributed by atoms with Crippen molar-refractivity contribution in [1.29, 1.82) is 0 Å². The zero-order valence-corrected chi connectivity index (χ0v) is 15.1. The molecule has 0 saturated carbocycles. The molecule has 5 heteroatoms. The summed E-state index contributed by atoms with van der Waals surface area (Å²) in [5, 5.41) is 3.72. The Morgan fingerprint density at radius 3 is 2.52 bits per heavy atom. The molecule has 5 nitrogen and oxygen atoms in total. The molecule has 0 aliphatic rings. The summed E-state index contributed by atoms with van der Waals surface area (Å²) in [7, 11) is 0. The van der Waals surface area contributed by atoms with Gasteiger partial charge in [0.15, 0.2) is 0 Å². The minimum absolute atomic E-state index is 0.548. The summed E-state index contributed by atoms with van der Waals surface area (Å²) in [6, 6.07) is 18.0. The first-order valence-electron chi connectivity index (χ1n) is 8.89. The van der Waals surface area contributed by atoms with Gasteiger partial charge >= 0.3 is 0 Å². The first kappa shape index (κ1) is 17.1. The number of rotatable bonds is 7. The molecule has 2 aromatic heterocycles. The largest absolute Gasteiger partial charge is 0.493 e. The Kier molecular flexibility index (Phi) is 5.01. The fourth-order valence-corrected chi connectivity index (χ4v) is 2.88. The number of ether oxygens (including phenoxy) is 1. The molecule has 0 aliphatic carbocycles. The lowest BCUT2D eigenvalue weighted by molar-refractivity contribution is 0.320. The Hall–Kier alpha value is -3.34. The highest BCUT2D eigenvalue weighted by Crippen LogP contribution is 2.22. The van der Waals surface area contributed by atoms with Crippen LogP contribution in [0.15, 0.2) is 76.0 Å². The molecule has 0 saturated heterocycles. The predicted octanol–water partition coefficient (Wildman–Crippen LogP) is 4.85. The average Bonchev–Trinajstić information content (AvgIpc) is 3.34. The summed E-state index contributed by atoms with van der Waals surface area (Å²) in [4.78, 5) is 4.61. The van der Waals surface area contributed by atoms with Crippen molar-refractivity contribution in [2.24, 2.45) is 0 Å². The number of hydrogen-bond acceptors (Lipinski definition) is 5. The van der Waals surface area contributed by atoms with Gasteiger partial charge in [-0.15, -0.1) is 0 Å². The molecule has 4 aromatic rings. The number of aromatic nitrogens is 2. The highest BCUT2D eigenvalue weighted by atomic mass is 16.5. The molecule has 0 radical (unpaired) electrons. The maximum atomic E-state index is 5.86. The molecule has 0 bridgehead atoms. The Balaban J connectivity index is 1.33. The molecule has 0 atom stereocenters. The third kappa shape index (κ3) is 4.26. The summed E-state index contributed by atoms with van der Waals surface area (Å²) in [6.07, 6.45) is 4.89. The quantitative estimate of drug-likeness (QED) is 0.471. The molecule has 27 heavy (non-hydrogen) atoms. The van der Waals surface area contributed by atoms with E-state index in [0.717, 1.165) is 34.8 Å². The van der Waals surface area contributed by atoms with Crippen molar-refractivity contribution in [1.82, 2.24) is 10.1 Å². The van der Waals surface area contributed by atoms with E-state index in [1.54, 1.807) is 12.5 Å². The highest BCUT2D eigenvalue weighted by Gasteiger charge is 2.11. The Bertz CT molecular complexity index is 974. The van der Waals surface area contributed by atoms with Crippen LogP contribution in [0.5, 0.6) is 5.75 Å². The molecule has 2 aromatic carbocycles. The molecular formula is C22H20N2O3. The molecule has 0 aliphatic heterocycles. The Morgan fingerprint density at radius 2 is 1.78 bits per heavy atom. The average molecular weight is 360 g/mol.